The Bertz CT molecular complexity index is 331. The highest BCUT2D eigenvalue weighted by molar-refractivity contribution is 6.20. The fourth-order valence-corrected chi connectivity index (χ4v) is 3.04. The molecule has 1 fully saturated rings. The van der Waals surface area contributed by atoms with Crippen molar-refractivity contribution in [3.8, 4) is 0 Å². The lowest BCUT2D eigenvalue weighted by atomic mass is 9.98. The van der Waals surface area contributed by atoms with E-state index in [9.17, 15) is 4.39 Å². The van der Waals surface area contributed by atoms with Gasteiger partial charge >= 0.3 is 0 Å². The summed E-state index contributed by atoms with van der Waals surface area (Å²) < 4.78 is 13.0. The van der Waals surface area contributed by atoms with Crippen LogP contribution in [-0.2, 0) is 6.42 Å². The minimum absolute atomic E-state index is 0.157. The van der Waals surface area contributed by atoms with Crippen molar-refractivity contribution in [1.29, 1.82) is 0 Å². The lowest BCUT2D eigenvalue weighted by molar-refractivity contribution is 0.488. The highest BCUT2D eigenvalue weighted by Gasteiger charge is 2.19. The van der Waals surface area contributed by atoms with Gasteiger partial charge in [0.05, 0.1) is 0 Å². The molecule has 1 aliphatic rings. The van der Waals surface area contributed by atoms with Crippen molar-refractivity contribution in [3.63, 3.8) is 0 Å². The van der Waals surface area contributed by atoms with Gasteiger partial charge in [-0.05, 0) is 36.5 Å². The van der Waals surface area contributed by atoms with E-state index in [0.29, 0.717) is 0 Å². The molecule has 0 nitrogen and oxygen atoms in total. The van der Waals surface area contributed by atoms with Gasteiger partial charge in [-0.25, -0.2) is 4.39 Å². The molecule has 1 atom stereocenters. The first-order chi connectivity index (χ1) is 7.74. The van der Waals surface area contributed by atoms with E-state index in [2.05, 4.69) is 0 Å². The van der Waals surface area contributed by atoms with Gasteiger partial charge < -0.3 is 0 Å². The third kappa shape index (κ3) is 3.48. The van der Waals surface area contributed by atoms with Gasteiger partial charge in [-0.2, -0.15) is 0 Å². The summed E-state index contributed by atoms with van der Waals surface area (Å²) in [5.41, 5.74) is 1.01. The fourth-order valence-electron chi connectivity index (χ4n) is 2.61. The molecular formula is C14H18ClF. The second-order valence-corrected chi connectivity index (χ2v) is 5.43. The molecule has 0 amide bonds. The molecule has 0 aliphatic heterocycles. The minimum Gasteiger partial charge on any atom is -0.207 e. The van der Waals surface area contributed by atoms with Crippen LogP contribution in [0.4, 0.5) is 4.39 Å². The third-order valence-electron chi connectivity index (χ3n) is 3.41. The highest BCUT2D eigenvalue weighted by atomic mass is 35.5. The molecule has 0 N–H and O–H groups in total. The van der Waals surface area contributed by atoms with Gasteiger partial charge in [0.15, 0.2) is 0 Å². The molecule has 0 spiro atoms. The maximum absolute atomic E-state index is 13.0. The molecule has 1 aromatic carbocycles. The highest BCUT2D eigenvalue weighted by Crippen LogP contribution is 2.30. The Morgan fingerprint density at radius 2 is 2.06 bits per heavy atom. The maximum Gasteiger partial charge on any atom is 0.123 e. The first-order valence-corrected chi connectivity index (χ1v) is 6.56. The lowest BCUT2D eigenvalue weighted by Gasteiger charge is -2.14. The summed E-state index contributed by atoms with van der Waals surface area (Å²) in [6.07, 6.45) is 7.23. The quantitative estimate of drug-likeness (QED) is 0.677. The molecule has 1 aliphatic carbocycles. The predicted molar refractivity (Wildman–Crippen MR) is 66.3 cm³/mol. The number of benzene rings is 1. The van der Waals surface area contributed by atoms with E-state index in [4.69, 9.17) is 11.6 Å². The second kappa shape index (κ2) is 5.67. The van der Waals surface area contributed by atoms with E-state index in [1.54, 1.807) is 12.1 Å². The zero-order chi connectivity index (χ0) is 11.4. The summed E-state index contributed by atoms with van der Waals surface area (Å²) in [4.78, 5) is 0. The van der Waals surface area contributed by atoms with E-state index >= 15 is 0 Å². The van der Waals surface area contributed by atoms with Crippen molar-refractivity contribution in [2.24, 2.45) is 5.92 Å². The average Bonchev–Trinajstić information content (AvgIpc) is 2.70. The normalized spacial score (nSPS) is 18.9. The van der Waals surface area contributed by atoms with Crippen LogP contribution in [0.25, 0.3) is 0 Å². The maximum atomic E-state index is 13.0. The summed E-state index contributed by atoms with van der Waals surface area (Å²) in [5.74, 6) is 0.637. The summed E-state index contributed by atoms with van der Waals surface area (Å²) in [6.45, 7) is 0. The Morgan fingerprint density at radius 1 is 1.31 bits per heavy atom. The summed E-state index contributed by atoms with van der Waals surface area (Å²) >= 11 is 6.33. The van der Waals surface area contributed by atoms with Crippen LogP contribution in [0.5, 0.6) is 0 Å². The molecule has 1 aromatic rings. The zero-order valence-electron chi connectivity index (χ0n) is 9.46. The number of hydrogen-bond acceptors (Lipinski definition) is 0. The zero-order valence-corrected chi connectivity index (χ0v) is 10.2. The van der Waals surface area contributed by atoms with Gasteiger partial charge in [0.2, 0.25) is 0 Å². The van der Waals surface area contributed by atoms with Gasteiger partial charge in [0.1, 0.15) is 5.82 Å². The van der Waals surface area contributed by atoms with Crippen molar-refractivity contribution in [1.82, 2.24) is 0 Å². The molecule has 2 rings (SSSR count). The Morgan fingerprint density at radius 3 is 2.75 bits per heavy atom. The van der Waals surface area contributed by atoms with Gasteiger partial charge in [0, 0.05) is 5.38 Å². The molecule has 2 heteroatoms. The molecule has 1 saturated carbocycles. The molecule has 16 heavy (non-hydrogen) atoms. The number of alkyl halides is 1. The average molecular weight is 241 g/mol. The van der Waals surface area contributed by atoms with Crippen LogP contribution in [0.2, 0.25) is 0 Å². The molecule has 1 unspecified atom stereocenters. The molecule has 0 heterocycles. The largest absolute Gasteiger partial charge is 0.207 e. The van der Waals surface area contributed by atoms with Crippen LogP contribution in [0.3, 0.4) is 0 Å². The molecule has 0 radical (unpaired) electrons. The Labute approximate surface area is 102 Å². The first-order valence-electron chi connectivity index (χ1n) is 6.12. The SMILES string of the molecule is Fc1cccc(CC(Cl)CC2CCCC2)c1. The molecule has 0 aromatic heterocycles. The number of rotatable bonds is 4. The number of halogens is 2. The van der Waals surface area contributed by atoms with Crippen molar-refractivity contribution in [3.05, 3.63) is 35.6 Å². The van der Waals surface area contributed by atoms with Crippen molar-refractivity contribution in [2.45, 2.75) is 43.9 Å². The van der Waals surface area contributed by atoms with Crippen molar-refractivity contribution in [2.75, 3.05) is 0 Å². The monoisotopic (exact) mass is 240 g/mol. The van der Waals surface area contributed by atoms with Crippen molar-refractivity contribution < 1.29 is 4.39 Å². The second-order valence-electron chi connectivity index (χ2n) is 4.82. The summed E-state index contributed by atoms with van der Waals surface area (Å²) in [5, 5.41) is 0.157. The molecule has 88 valence electrons. The van der Waals surface area contributed by atoms with Crippen LogP contribution in [0.15, 0.2) is 24.3 Å². The summed E-state index contributed by atoms with van der Waals surface area (Å²) in [6, 6.07) is 6.77. The number of hydrogen-bond donors (Lipinski definition) is 0. The van der Waals surface area contributed by atoms with Gasteiger partial charge in [0.25, 0.3) is 0 Å². The third-order valence-corrected chi connectivity index (χ3v) is 3.74. The van der Waals surface area contributed by atoms with Crippen LogP contribution >= 0.6 is 11.6 Å². The Balaban J connectivity index is 1.84. The van der Waals surface area contributed by atoms with Crippen LogP contribution < -0.4 is 0 Å². The Hall–Kier alpha value is -0.560. The van der Waals surface area contributed by atoms with E-state index in [1.165, 1.54) is 31.7 Å². The summed E-state index contributed by atoms with van der Waals surface area (Å²) in [7, 11) is 0. The van der Waals surface area contributed by atoms with E-state index in [1.807, 2.05) is 6.07 Å². The minimum atomic E-state index is -0.165. The van der Waals surface area contributed by atoms with E-state index in [-0.39, 0.29) is 11.2 Å². The first kappa shape index (κ1) is 11.9. The Kier molecular flexibility index (Phi) is 4.22. The topological polar surface area (TPSA) is 0 Å². The van der Waals surface area contributed by atoms with Crippen molar-refractivity contribution >= 4 is 11.6 Å². The van der Waals surface area contributed by atoms with E-state index in [0.717, 1.165) is 24.3 Å². The standard InChI is InChI=1S/C14H18ClF/c15-13(8-11-4-1-2-5-11)9-12-6-3-7-14(16)10-12/h3,6-7,10-11,13H,1-2,4-5,8-9H2. The fraction of sp³-hybridized carbons (Fsp3) is 0.571. The van der Waals surface area contributed by atoms with Gasteiger partial charge in [-0.15, -0.1) is 11.6 Å². The molecular weight excluding hydrogens is 223 g/mol. The predicted octanol–water partition coefficient (Wildman–Crippen LogP) is 4.56. The van der Waals surface area contributed by atoms with Gasteiger partial charge in [-0.3, -0.25) is 0 Å². The van der Waals surface area contributed by atoms with Gasteiger partial charge in [-0.1, -0.05) is 37.8 Å². The molecule has 0 saturated heterocycles. The smallest absolute Gasteiger partial charge is 0.123 e. The molecule has 0 bridgehead atoms. The van der Waals surface area contributed by atoms with Crippen LogP contribution in [-0.4, -0.2) is 5.38 Å². The van der Waals surface area contributed by atoms with Crippen LogP contribution in [0, 0.1) is 11.7 Å². The van der Waals surface area contributed by atoms with Crippen LogP contribution in [0.1, 0.15) is 37.7 Å². The van der Waals surface area contributed by atoms with E-state index < -0.39 is 0 Å². The lowest BCUT2D eigenvalue weighted by Crippen LogP contribution is -2.09.